The average molecular weight is 461 g/mol. The molecule has 1 heterocycles. The fourth-order valence-corrected chi connectivity index (χ4v) is 4.57. The lowest BCUT2D eigenvalue weighted by atomic mass is 9.98. The third-order valence-corrected chi connectivity index (χ3v) is 5.57. The van der Waals surface area contributed by atoms with Crippen LogP contribution in [0.3, 0.4) is 0 Å². The zero-order valence-corrected chi connectivity index (χ0v) is 15.5. The van der Waals surface area contributed by atoms with Gasteiger partial charge in [0, 0.05) is 9.99 Å². The van der Waals surface area contributed by atoms with Crippen molar-refractivity contribution in [1.82, 2.24) is 0 Å². The SMILES string of the molecule is CC1(C)Cc2cc(C(Br)c3ccc(F)cc3I)ccc2O1. The van der Waals surface area contributed by atoms with Gasteiger partial charge in [-0.15, -0.1) is 0 Å². The summed E-state index contributed by atoms with van der Waals surface area (Å²) >= 11 is 5.91. The summed E-state index contributed by atoms with van der Waals surface area (Å²) in [5.41, 5.74) is 3.35. The number of rotatable bonds is 2. The first-order chi connectivity index (χ1) is 9.85. The summed E-state index contributed by atoms with van der Waals surface area (Å²) in [6.45, 7) is 4.20. The van der Waals surface area contributed by atoms with Crippen molar-refractivity contribution < 1.29 is 9.13 Å². The van der Waals surface area contributed by atoms with Crippen LogP contribution in [0, 0.1) is 9.39 Å². The number of hydrogen-bond acceptors (Lipinski definition) is 1. The molecule has 21 heavy (non-hydrogen) atoms. The lowest BCUT2D eigenvalue weighted by Crippen LogP contribution is -2.24. The van der Waals surface area contributed by atoms with Gasteiger partial charge < -0.3 is 4.74 Å². The molecule has 0 N–H and O–H groups in total. The molecule has 1 aliphatic heterocycles. The van der Waals surface area contributed by atoms with Crippen LogP contribution in [0.2, 0.25) is 0 Å². The maximum atomic E-state index is 13.2. The van der Waals surface area contributed by atoms with E-state index in [1.165, 1.54) is 17.2 Å². The van der Waals surface area contributed by atoms with E-state index in [4.69, 9.17) is 4.74 Å². The summed E-state index contributed by atoms with van der Waals surface area (Å²) in [5.74, 6) is 0.768. The van der Waals surface area contributed by atoms with Crippen LogP contribution in [0.1, 0.15) is 35.4 Å². The molecule has 1 nitrogen and oxygen atoms in total. The molecule has 1 unspecified atom stereocenters. The zero-order valence-electron chi connectivity index (χ0n) is 11.8. The summed E-state index contributed by atoms with van der Waals surface area (Å²) in [6, 6.07) is 11.2. The van der Waals surface area contributed by atoms with Crippen molar-refractivity contribution in [1.29, 1.82) is 0 Å². The van der Waals surface area contributed by atoms with Gasteiger partial charge in [-0.3, -0.25) is 0 Å². The molecule has 0 radical (unpaired) electrons. The Morgan fingerprint density at radius 2 is 2.00 bits per heavy atom. The molecule has 0 bridgehead atoms. The van der Waals surface area contributed by atoms with Crippen LogP contribution in [-0.4, -0.2) is 5.60 Å². The Balaban J connectivity index is 1.95. The van der Waals surface area contributed by atoms with Crippen molar-refractivity contribution in [3.05, 3.63) is 62.5 Å². The summed E-state index contributed by atoms with van der Waals surface area (Å²) in [6.07, 6.45) is 0.913. The van der Waals surface area contributed by atoms with E-state index in [-0.39, 0.29) is 16.2 Å². The summed E-state index contributed by atoms with van der Waals surface area (Å²) < 4.78 is 20.1. The van der Waals surface area contributed by atoms with Crippen molar-refractivity contribution in [2.75, 3.05) is 0 Å². The van der Waals surface area contributed by atoms with Crippen molar-refractivity contribution in [3.8, 4) is 5.75 Å². The molecule has 0 aromatic heterocycles. The molecular formula is C17H15BrFIO. The molecule has 0 aliphatic carbocycles. The number of benzene rings is 2. The summed E-state index contributed by atoms with van der Waals surface area (Å²) in [7, 11) is 0. The molecule has 0 saturated carbocycles. The minimum Gasteiger partial charge on any atom is -0.487 e. The normalized spacial score (nSPS) is 17.2. The van der Waals surface area contributed by atoms with E-state index in [0.29, 0.717) is 0 Å². The van der Waals surface area contributed by atoms with Crippen LogP contribution >= 0.6 is 38.5 Å². The minimum absolute atomic E-state index is 0.0546. The first-order valence-electron chi connectivity index (χ1n) is 6.76. The third-order valence-electron chi connectivity index (χ3n) is 3.62. The van der Waals surface area contributed by atoms with Gasteiger partial charge in [0.25, 0.3) is 0 Å². The third kappa shape index (κ3) is 3.11. The number of hydrogen-bond donors (Lipinski definition) is 0. The smallest absolute Gasteiger partial charge is 0.124 e. The monoisotopic (exact) mass is 460 g/mol. The van der Waals surface area contributed by atoms with Gasteiger partial charge in [-0.25, -0.2) is 4.39 Å². The highest BCUT2D eigenvalue weighted by atomic mass is 127. The van der Waals surface area contributed by atoms with E-state index >= 15 is 0 Å². The molecule has 0 spiro atoms. The highest BCUT2D eigenvalue weighted by Gasteiger charge is 2.30. The highest BCUT2D eigenvalue weighted by Crippen LogP contribution is 2.40. The van der Waals surface area contributed by atoms with Crippen LogP contribution in [0.15, 0.2) is 36.4 Å². The first kappa shape index (κ1) is 15.3. The Morgan fingerprint density at radius 3 is 2.71 bits per heavy atom. The Bertz CT molecular complexity index is 699. The van der Waals surface area contributed by atoms with Gasteiger partial charge in [0.1, 0.15) is 17.2 Å². The van der Waals surface area contributed by atoms with E-state index in [9.17, 15) is 4.39 Å². The van der Waals surface area contributed by atoms with Gasteiger partial charge in [0.15, 0.2) is 0 Å². The Hall–Kier alpha value is -0.620. The van der Waals surface area contributed by atoms with Crippen molar-refractivity contribution >= 4 is 38.5 Å². The van der Waals surface area contributed by atoms with Gasteiger partial charge in [0.2, 0.25) is 0 Å². The summed E-state index contributed by atoms with van der Waals surface area (Å²) in [5, 5.41) is 0. The van der Waals surface area contributed by atoms with Gasteiger partial charge in [-0.1, -0.05) is 34.1 Å². The fraction of sp³-hybridized carbons (Fsp3) is 0.294. The molecule has 0 saturated heterocycles. The molecule has 1 aliphatic rings. The van der Waals surface area contributed by atoms with Crippen molar-refractivity contribution in [3.63, 3.8) is 0 Å². The molecule has 1 atom stereocenters. The Morgan fingerprint density at radius 1 is 1.24 bits per heavy atom. The molecule has 3 rings (SSSR count). The van der Waals surface area contributed by atoms with E-state index in [0.717, 1.165) is 21.3 Å². The molecule has 110 valence electrons. The lowest BCUT2D eigenvalue weighted by molar-refractivity contribution is 0.138. The Kier molecular flexibility index (Phi) is 4.03. The number of alkyl halides is 1. The maximum absolute atomic E-state index is 13.2. The molecule has 4 heteroatoms. The predicted molar refractivity (Wildman–Crippen MR) is 94.7 cm³/mol. The predicted octanol–water partition coefficient (Wildman–Crippen LogP) is 5.63. The van der Waals surface area contributed by atoms with E-state index in [1.54, 1.807) is 6.07 Å². The van der Waals surface area contributed by atoms with Gasteiger partial charge >= 0.3 is 0 Å². The molecule has 0 amide bonds. The maximum Gasteiger partial charge on any atom is 0.124 e. The Labute approximate surface area is 146 Å². The van der Waals surface area contributed by atoms with Crippen LogP contribution < -0.4 is 4.74 Å². The van der Waals surface area contributed by atoms with Gasteiger partial charge in [-0.2, -0.15) is 0 Å². The average Bonchev–Trinajstić information content (AvgIpc) is 2.70. The van der Waals surface area contributed by atoms with E-state index in [1.807, 2.05) is 12.1 Å². The lowest BCUT2D eigenvalue weighted by Gasteiger charge is -2.16. The van der Waals surface area contributed by atoms with Crippen molar-refractivity contribution in [2.24, 2.45) is 0 Å². The standard InChI is InChI=1S/C17H15BrFIO/c1-17(2)9-11-7-10(3-6-15(11)21-17)16(18)13-5-4-12(19)8-14(13)20/h3-8,16H,9H2,1-2H3. The number of fused-ring (bicyclic) bond motifs is 1. The molecule has 2 aromatic carbocycles. The van der Waals surface area contributed by atoms with Crippen LogP contribution in [0.25, 0.3) is 0 Å². The second-order valence-corrected chi connectivity index (χ2v) is 8.01. The molecule has 2 aromatic rings. The largest absolute Gasteiger partial charge is 0.487 e. The number of halogens is 3. The van der Waals surface area contributed by atoms with Crippen LogP contribution in [-0.2, 0) is 6.42 Å². The first-order valence-corrected chi connectivity index (χ1v) is 8.76. The van der Waals surface area contributed by atoms with Crippen molar-refractivity contribution in [2.45, 2.75) is 30.7 Å². The summed E-state index contributed by atoms with van der Waals surface area (Å²) in [4.78, 5) is 0.0546. The second-order valence-electron chi connectivity index (χ2n) is 5.93. The van der Waals surface area contributed by atoms with Gasteiger partial charge in [-0.05, 0) is 71.3 Å². The fourth-order valence-electron chi connectivity index (χ4n) is 2.67. The topological polar surface area (TPSA) is 9.23 Å². The van der Waals surface area contributed by atoms with Crippen LogP contribution in [0.5, 0.6) is 5.75 Å². The van der Waals surface area contributed by atoms with Crippen LogP contribution in [0.4, 0.5) is 4.39 Å². The highest BCUT2D eigenvalue weighted by molar-refractivity contribution is 14.1. The van der Waals surface area contributed by atoms with E-state index < -0.39 is 0 Å². The second kappa shape index (κ2) is 5.54. The zero-order chi connectivity index (χ0) is 15.2. The minimum atomic E-state index is -0.202. The van der Waals surface area contributed by atoms with E-state index in [2.05, 4.69) is 64.5 Å². The van der Waals surface area contributed by atoms with Gasteiger partial charge in [0.05, 0.1) is 4.83 Å². The quantitative estimate of drug-likeness (QED) is 0.417. The number of ether oxygens (including phenoxy) is 1. The molecule has 0 fully saturated rings. The molecular weight excluding hydrogens is 446 g/mol.